The maximum atomic E-state index is 9.63. The lowest BCUT2D eigenvalue weighted by atomic mass is 9.78. The van der Waals surface area contributed by atoms with E-state index >= 15 is 0 Å². The summed E-state index contributed by atoms with van der Waals surface area (Å²) in [4.78, 5) is 42.8. The fraction of sp³-hybridized carbons (Fsp3) is 0.826. The molecule has 2 aliphatic carbocycles. The van der Waals surface area contributed by atoms with Gasteiger partial charge in [-0.2, -0.15) is 0 Å². The molecule has 2 rings (SSSR count). The van der Waals surface area contributed by atoms with E-state index < -0.39 is 0 Å². The lowest BCUT2D eigenvalue weighted by Gasteiger charge is -2.28. The zero-order valence-corrected chi connectivity index (χ0v) is 18.7. The quantitative estimate of drug-likeness (QED) is 0.278. The third-order valence-corrected chi connectivity index (χ3v) is 5.54. The fourth-order valence-electron chi connectivity index (χ4n) is 4.14. The number of rotatable bonds is 9. The molecule has 0 atom stereocenters. The number of aliphatic imine (C=N–C) groups is 2. The topological polar surface area (TPSA) is 141 Å². The molecule has 2 fully saturated rings. The highest BCUT2D eigenvalue weighted by Gasteiger charge is 2.20. The largest absolute Gasteiger partial charge is 0.234 e. The SMILES string of the molecule is C1CCC(CC2CCCCC2)CC1.N=C=O.N=C=O.O=C=NCCCCCCN=C=O. The second kappa shape index (κ2) is 27.5. The van der Waals surface area contributed by atoms with E-state index in [1.165, 1.54) is 50.7 Å². The summed E-state index contributed by atoms with van der Waals surface area (Å²) in [5, 5.41) is 10.8. The number of carbonyl (C=O) groups excluding carboxylic acids is 4. The smallest absolute Gasteiger partial charge is 0.222 e. The Hall–Kier alpha value is -2.48. The predicted octanol–water partition coefficient (Wildman–Crippen LogP) is 5.56. The summed E-state index contributed by atoms with van der Waals surface area (Å²) in [5.74, 6) is 2.24. The van der Waals surface area contributed by atoms with Crippen molar-refractivity contribution in [2.45, 2.75) is 96.3 Å². The Morgan fingerprint density at radius 2 is 0.903 bits per heavy atom. The van der Waals surface area contributed by atoms with Gasteiger partial charge in [0.05, 0.1) is 13.1 Å². The summed E-state index contributed by atoms with van der Waals surface area (Å²) in [5.41, 5.74) is 0. The van der Waals surface area contributed by atoms with Gasteiger partial charge < -0.3 is 0 Å². The van der Waals surface area contributed by atoms with Gasteiger partial charge in [0.25, 0.3) is 0 Å². The monoisotopic (exact) mass is 434 g/mol. The second-order valence-corrected chi connectivity index (χ2v) is 7.81. The van der Waals surface area contributed by atoms with E-state index in [1.807, 2.05) is 0 Å². The molecule has 0 aliphatic heterocycles. The molecule has 0 aromatic heterocycles. The molecule has 0 amide bonds. The van der Waals surface area contributed by atoms with Gasteiger partial charge >= 0.3 is 0 Å². The molecule has 0 unspecified atom stereocenters. The van der Waals surface area contributed by atoms with Crippen molar-refractivity contribution in [2.75, 3.05) is 13.1 Å². The molecule has 31 heavy (non-hydrogen) atoms. The molecule has 174 valence electrons. The van der Waals surface area contributed by atoms with Crippen molar-refractivity contribution in [3.63, 3.8) is 0 Å². The minimum Gasteiger partial charge on any atom is -0.222 e. The maximum absolute atomic E-state index is 9.63. The van der Waals surface area contributed by atoms with Crippen LogP contribution in [0.3, 0.4) is 0 Å². The van der Waals surface area contributed by atoms with Crippen molar-refractivity contribution in [1.82, 2.24) is 0 Å². The van der Waals surface area contributed by atoms with Crippen molar-refractivity contribution >= 4 is 24.3 Å². The Bertz CT molecular complexity index is 510. The van der Waals surface area contributed by atoms with E-state index in [-0.39, 0.29) is 0 Å². The Balaban J connectivity index is 0. The summed E-state index contributed by atoms with van der Waals surface area (Å²) >= 11 is 0. The van der Waals surface area contributed by atoms with Gasteiger partial charge in [0.2, 0.25) is 24.3 Å². The molecule has 0 bridgehead atoms. The van der Waals surface area contributed by atoms with Crippen LogP contribution in [-0.2, 0) is 19.2 Å². The van der Waals surface area contributed by atoms with Crippen LogP contribution in [0, 0.1) is 22.7 Å². The number of nitrogens with one attached hydrogen (secondary N) is 2. The van der Waals surface area contributed by atoms with Crippen LogP contribution < -0.4 is 0 Å². The third-order valence-electron chi connectivity index (χ3n) is 5.54. The van der Waals surface area contributed by atoms with Gasteiger partial charge in [0.1, 0.15) is 0 Å². The lowest BCUT2D eigenvalue weighted by molar-refractivity contribution is 0.244. The summed E-state index contributed by atoms with van der Waals surface area (Å²) in [6.07, 6.45) is 25.2. The van der Waals surface area contributed by atoms with Gasteiger partial charge in [0.15, 0.2) is 0 Å². The molecule has 2 N–H and O–H groups in total. The average molecular weight is 435 g/mol. The molecule has 0 aromatic rings. The Morgan fingerprint density at radius 3 is 1.19 bits per heavy atom. The maximum Gasteiger partial charge on any atom is 0.234 e. The van der Waals surface area contributed by atoms with Crippen LogP contribution in [0.15, 0.2) is 9.98 Å². The van der Waals surface area contributed by atoms with Crippen LogP contribution in [0.5, 0.6) is 0 Å². The first-order valence-electron chi connectivity index (χ1n) is 11.3. The van der Waals surface area contributed by atoms with Crippen LogP contribution in [0.4, 0.5) is 0 Å². The average Bonchev–Trinajstić information content (AvgIpc) is 2.79. The number of hydrogen-bond acceptors (Lipinski definition) is 8. The van der Waals surface area contributed by atoms with Crippen LogP contribution >= 0.6 is 0 Å². The molecule has 0 spiro atoms. The van der Waals surface area contributed by atoms with Gasteiger partial charge in [-0.25, -0.2) is 40.0 Å². The summed E-state index contributed by atoms with van der Waals surface area (Å²) < 4.78 is 0. The van der Waals surface area contributed by atoms with E-state index in [2.05, 4.69) is 9.98 Å². The van der Waals surface area contributed by atoms with Gasteiger partial charge in [-0.05, 0) is 31.1 Å². The summed E-state index contributed by atoms with van der Waals surface area (Å²) in [6, 6.07) is 0. The third kappa shape index (κ3) is 25.5. The first kappa shape index (κ1) is 30.7. The van der Waals surface area contributed by atoms with Crippen molar-refractivity contribution < 1.29 is 19.2 Å². The van der Waals surface area contributed by atoms with Gasteiger partial charge in [-0.1, -0.05) is 77.0 Å². The second-order valence-electron chi connectivity index (χ2n) is 7.81. The predicted molar refractivity (Wildman–Crippen MR) is 119 cm³/mol. The van der Waals surface area contributed by atoms with Crippen molar-refractivity contribution in [2.24, 2.45) is 21.8 Å². The van der Waals surface area contributed by atoms with Gasteiger partial charge in [0, 0.05) is 0 Å². The van der Waals surface area contributed by atoms with Crippen LogP contribution in [-0.4, -0.2) is 37.4 Å². The van der Waals surface area contributed by atoms with E-state index in [9.17, 15) is 9.59 Å². The van der Waals surface area contributed by atoms with Crippen LogP contribution in [0.2, 0.25) is 0 Å². The minimum atomic E-state index is 0.556. The summed E-state index contributed by atoms with van der Waals surface area (Å²) in [6.45, 7) is 1.11. The van der Waals surface area contributed by atoms with E-state index in [0.717, 1.165) is 49.7 Å². The highest BCUT2D eigenvalue weighted by Crippen LogP contribution is 2.34. The minimum absolute atomic E-state index is 0.556. The molecule has 2 aliphatic rings. The molecule has 0 saturated heterocycles. The van der Waals surface area contributed by atoms with Gasteiger partial charge in [-0.3, -0.25) is 0 Å². The van der Waals surface area contributed by atoms with Crippen LogP contribution in [0.1, 0.15) is 96.3 Å². The molecule has 8 heteroatoms. The molecule has 0 radical (unpaired) electrons. The molecular formula is C23H38N4O4. The number of nitrogens with zero attached hydrogens (tertiary/aromatic N) is 2. The number of hydrogen-bond donors (Lipinski definition) is 2. The number of unbranched alkanes of at least 4 members (excludes halogenated alkanes) is 3. The molecule has 8 nitrogen and oxygen atoms in total. The first-order valence-corrected chi connectivity index (χ1v) is 11.3. The normalized spacial score (nSPS) is 15.4. The van der Waals surface area contributed by atoms with Crippen molar-refractivity contribution in [3.05, 3.63) is 0 Å². The highest BCUT2D eigenvalue weighted by molar-refractivity contribution is 5.32. The standard InChI is InChI=1S/C13H24.C8H12N2O2.2CHNO/c1-3-7-12(8-4-1)11-13-9-5-2-6-10-13;11-7-9-5-3-1-2-4-6-10-8-12;2*2-1-3/h12-13H,1-11H2;1-6H2;2*2H. The first-order chi connectivity index (χ1) is 15.2. The fourth-order valence-corrected chi connectivity index (χ4v) is 4.14. The molecule has 0 aromatic carbocycles. The van der Waals surface area contributed by atoms with E-state index in [4.69, 9.17) is 20.4 Å². The highest BCUT2D eigenvalue weighted by atomic mass is 16.1. The molecule has 0 heterocycles. The zero-order chi connectivity index (χ0) is 23.4. The Kier molecular flexibility index (Phi) is 27.3. The van der Waals surface area contributed by atoms with Crippen molar-refractivity contribution in [3.8, 4) is 0 Å². The Labute approximate surface area is 186 Å². The van der Waals surface area contributed by atoms with E-state index in [0.29, 0.717) is 13.1 Å². The zero-order valence-electron chi connectivity index (χ0n) is 18.7. The van der Waals surface area contributed by atoms with Crippen molar-refractivity contribution in [1.29, 1.82) is 10.8 Å². The van der Waals surface area contributed by atoms with Gasteiger partial charge in [-0.15, -0.1) is 0 Å². The Morgan fingerprint density at radius 1 is 0.581 bits per heavy atom. The lowest BCUT2D eigenvalue weighted by Crippen LogP contribution is -2.14. The van der Waals surface area contributed by atoms with E-state index in [1.54, 1.807) is 32.1 Å². The van der Waals surface area contributed by atoms with Crippen LogP contribution in [0.25, 0.3) is 0 Å². The molecular weight excluding hydrogens is 396 g/mol. The summed E-state index contributed by atoms with van der Waals surface area (Å²) in [7, 11) is 0. The number of isocyanates is 4. The molecule has 2 saturated carbocycles.